The molecule has 0 bridgehead atoms. The predicted octanol–water partition coefficient (Wildman–Crippen LogP) is 3.60. The van der Waals surface area contributed by atoms with Gasteiger partial charge in [-0.15, -0.1) is 0 Å². The SMILES string of the molecule is Fc1ccc(NCc2cccnc2)cc1Br. The summed E-state index contributed by atoms with van der Waals surface area (Å²) in [5, 5.41) is 3.19. The lowest BCUT2D eigenvalue weighted by Crippen LogP contribution is -1.99. The minimum absolute atomic E-state index is 0.257. The van der Waals surface area contributed by atoms with E-state index in [0.29, 0.717) is 11.0 Å². The molecule has 0 saturated carbocycles. The molecule has 82 valence electrons. The van der Waals surface area contributed by atoms with Crippen molar-refractivity contribution in [2.45, 2.75) is 6.54 Å². The standard InChI is InChI=1S/C12H10BrFN2/c13-11-6-10(3-4-12(11)14)16-8-9-2-1-5-15-7-9/h1-7,16H,8H2. The van der Waals surface area contributed by atoms with Crippen LogP contribution in [0, 0.1) is 5.82 Å². The highest BCUT2D eigenvalue weighted by Gasteiger charge is 1.99. The van der Waals surface area contributed by atoms with E-state index in [1.807, 2.05) is 12.1 Å². The van der Waals surface area contributed by atoms with E-state index in [0.717, 1.165) is 11.3 Å². The molecule has 1 aromatic heterocycles. The second-order valence-corrected chi connectivity index (χ2v) is 4.20. The topological polar surface area (TPSA) is 24.9 Å². The van der Waals surface area contributed by atoms with Gasteiger partial charge in [-0.05, 0) is 45.8 Å². The molecule has 0 aliphatic carbocycles. The molecule has 4 heteroatoms. The van der Waals surface area contributed by atoms with Crippen molar-refractivity contribution in [2.24, 2.45) is 0 Å². The molecule has 0 saturated heterocycles. The van der Waals surface area contributed by atoms with Crippen molar-refractivity contribution in [2.75, 3.05) is 5.32 Å². The van der Waals surface area contributed by atoms with Gasteiger partial charge in [-0.25, -0.2) is 4.39 Å². The molecule has 1 N–H and O–H groups in total. The van der Waals surface area contributed by atoms with Crippen molar-refractivity contribution in [3.8, 4) is 0 Å². The normalized spacial score (nSPS) is 10.1. The first-order valence-corrected chi connectivity index (χ1v) is 5.63. The number of anilines is 1. The molecule has 1 aromatic carbocycles. The molecule has 0 unspecified atom stereocenters. The van der Waals surface area contributed by atoms with Crippen molar-refractivity contribution in [3.63, 3.8) is 0 Å². The molecule has 2 aromatic rings. The lowest BCUT2D eigenvalue weighted by Gasteiger charge is -2.06. The number of hydrogen-bond acceptors (Lipinski definition) is 2. The Labute approximate surface area is 102 Å². The molecule has 0 aliphatic heterocycles. The van der Waals surface area contributed by atoms with Crippen molar-refractivity contribution < 1.29 is 4.39 Å². The average Bonchev–Trinajstić information content (AvgIpc) is 2.32. The molecular formula is C12H10BrFN2. The molecule has 1 heterocycles. The Morgan fingerprint density at radius 1 is 1.31 bits per heavy atom. The van der Waals surface area contributed by atoms with E-state index in [-0.39, 0.29) is 5.82 Å². The lowest BCUT2D eigenvalue weighted by atomic mass is 10.2. The molecule has 0 fully saturated rings. The van der Waals surface area contributed by atoms with Crippen LogP contribution in [0.1, 0.15) is 5.56 Å². The second-order valence-electron chi connectivity index (χ2n) is 3.34. The van der Waals surface area contributed by atoms with E-state index in [4.69, 9.17) is 0 Å². The molecule has 2 rings (SSSR count). The maximum Gasteiger partial charge on any atom is 0.137 e. The molecular weight excluding hydrogens is 271 g/mol. The quantitative estimate of drug-likeness (QED) is 0.929. The number of hydrogen-bond donors (Lipinski definition) is 1. The second kappa shape index (κ2) is 5.07. The Bertz CT molecular complexity index is 474. The Kier molecular flexibility index (Phi) is 3.51. The Balaban J connectivity index is 2.03. The molecule has 0 amide bonds. The van der Waals surface area contributed by atoms with Gasteiger partial charge in [0.2, 0.25) is 0 Å². The fraction of sp³-hybridized carbons (Fsp3) is 0.0833. The molecule has 16 heavy (non-hydrogen) atoms. The number of halogens is 2. The summed E-state index contributed by atoms with van der Waals surface area (Å²) in [7, 11) is 0. The van der Waals surface area contributed by atoms with E-state index in [1.165, 1.54) is 6.07 Å². The Morgan fingerprint density at radius 3 is 2.88 bits per heavy atom. The molecule has 0 aliphatic rings. The van der Waals surface area contributed by atoms with Crippen LogP contribution < -0.4 is 5.32 Å². The van der Waals surface area contributed by atoms with Gasteiger partial charge in [-0.3, -0.25) is 4.98 Å². The first-order chi connectivity index (χ1) is 7.75. The summed E-state index contributed by atoms with van der Waals surface area (Å²) in [6, 6.07) is 8.72. The van der Waals surface area contributed by atoms with Crippen molar-refractivity contribution >= 4 is 21.6 Å². The van der Waals surface area contributed by atoms with Crippen LogP contribution in [0.3, 0.4) is 0 Å². The van der Waals surface area contributed by atoms with E-state index >= 15 is 0 Å². The number of rotatable bonds is 3. The molecule has 2 nitrogen and oxygen atoms in total. The van der Waals surface area contributed by atoms with Crippen molar-refractivity contribution in [1.29, 1.82) is 0 Å². The minimum Gasteiger partial charge on any atom is -0.381 e. The highest BCUT2D eigenvalue weighted by molar-refractivity contribution is 9.10. The minimum atomic E-state index is -0.257. The van der Waals surface area contributed by atoms with Crippen LogP contribution in [0.4, 0.5) is 10.1 Å². The van der Waals surface area contributed by atoms with Crippen LogP contribution in [-0.2, 0) is 6.54 Å². The summed E-state index contributed by atoms with van der Waals surface area (Å²) in [5.41, 5.74) is 1.96. The van der Waals surface area contributed by atoms with Gasteiger partial charge in [0.15, 0.2) is 0 Å². The first-order valence-electron chi connectivity index (χ1n) is 4.83. The summed E-state index contributed by atoms with van der Waals surface area (Å²) < 4.78 is 13.4. The molecule has 0 radical (unpaired) electrons. The van der Waals surface area contributed by atoms with E-state index in [2.05, 4.69) is 26.2 Å². The van der Waals surface area contributed by atoms with Crippen LogP contribution in [0.5, 0.6) is 0 Å². The largest absolute Gasteiger partial charge is 0.381 e. The monoisotopic (exact) mass is 280 g/mol. The van der Waals surface area contributed by atoms with Crippen LogP contribution in [0.25, 0.3) is 0 Å². The zero-order valence-corrected chi connectivity index (χ0v) is 10.0. The zero-order chi connectivity index (χ0) is 11.4. The van der Waals surface area contributed by atoms with Gasteiger partial charge in [-0.1, -0.05) is 6.07 Å². The highest BCUT2D eigenvalue weighted by atomic mass is 79.9. The highest BCUT2D eigenvalue weighted by Crippen LogP contribution is 2.20. The lowest BCUT2D eigenvalue weighted by molar-refractivity contribution is 0.621. The number of benzene rings is 1. The summed E-state index contributed by atoms with van der Waals surface area (Å²) in [6.07, 6.45) is 3.53. The third-order valence-corrected chi connectivity index (χ3v) is 2.75. The third-order valence-electron chi connectivity index (χ3n) is 2.14. The van der Waals surface area contributed by atoms with Gasteiger partial charge >= 0.3 is 0 Å². The number of nitrogens with one attached hydrogen (secondary N) is 1. The first kappa shape index (κ1) is 11.1. The van der Waals surface area contributed by atoms with Gasteiger partial charge in [0.25, 0.3) is 0 Å². The summed E-state index contributed by atoms with van der Waals surface area (Å²) in [6.45, 7) is 0.673. The van der Waals surface area contributed by atoms with Gasteiger partial charge < -0.3 is 5.32 Å². The van der Waals surface area contributed by atoms with E-state index < -0.39 is 0 Å². The van der Waals surface area contributed by atoms with Gasteiger partial charge in [0.1, 0.15) is 5.82 Å². The summed E-state index contributed by atoms with van der Waals surface area (Å²) in [4.78, 5) is 4.02. The fourth-order valence-corrected chi connectivity index (χ4v) is 1.69. The summed E-state index contributed by atoms with van der Waals surface area (Å²) in [5.74, 6) is -0.257. The molecule has 0 spiro atoms. The van der Waals surface area contributed by atoms with Gasteiger partial charge in [0.05, 0.1) is 4.47 Å². The van der Waals surface area contributed by atoms with Crippen LogP contribution in [0.15, 0.2) is 47.2 Å². The van der Waals surface area contributed by atoms with Gasteiger partial charge in [-0.2, -0.15) is 0 Å². The number of aromatic nitrogens is 1. The number of pyridine rings is 1. The van der Waals surface area contributed by atoms with Crippen LogP contribution in [0.2, 0.25) is 0 Å². The summed E-state index contributed by atoms with van der Waals surface area (Å²) >= 11 is 3.14. The van der Waals surface area contributed by atoms with Crippen LogP contribution in [-0.4, -0.2) is 4.98 Å². The van der Waals surface area contributed by atoms with Crippen molar-refractivity contribution in [1.82, 2.24) is 4.98 Å². The van der Waals surface area contributed by atoms with E-state index in [9.17, 15) is 4.39 Å². The number of nitrogens with zero attached hydrogens (tertiary/aromatic N) is 1. The van der Waals surface area contributed by atoms with Gasteiger partial charge in [0, 0.05) is 24.6 Å². The van der Waals surface area contributed by atoms with E-state index in [1.54, 1.807) is 24.5 Å². The maximum atomic E-state index is 13.0. The predicted molar refractivity (Wildman–Crippen MR) is 65.7 cm³/mol. The molecule has 0 atom stereocenters. The Morgan fingerprint density at radius 2 is 2.19 bits per heavy atom. The average molecular weight is 281 g/mol. The smallest absolute Gasteiger partial charge is 0.137 e. The Hall–Kier alpha value is -1.42. The van der Waals surface area contributed by atoms with Crippen molar-refractivity contribution in [3.05, 3.63) is 58.6 Å². The third kappa shape index (κ3) is 2.79. The van der Waals surface area contributed by atoms with Crippen LogP contribution >= 0.6 is 15.9 Å². The maximum absolute atomic E-state index is 13.0. The fourth-order valence-electron chi connectivity index (χ4n) is 1.31. The zero-order valence-electron chi connectivity index (χ0n) is 8.45.